The average molecular weight is 210 g/mol. The molecule has 2 nitrogen and oxygen atoms in total. The van der Waals surface area contributed by atoms with Crippen LogP contribution in [0, 0.1) is 0 Å². The fourth-order valence-corrected chi connectivity index (χ4v) is 1.05. The predicted octanol–water partition coefficient (Wildman–Crippen LogP) is 1.79. The molecule has 0 fully saturated rings. The molecule has 4 heteroatoms. The van der Waals surface area contributed by atoms with Crippen molar-refractivity contribution in [2.75, 3.05) is 26.2 Å². The first kappa shape index (κ1) is 12.0. The molecule has 0 radical (unpaired) electrons. The number of nitrogens with zero attached hydrogens (tertiary/aromatic N) is 1. The molecule has 0 aromatic rings. The summed E-state index contributed by atoms with van der Waals surface area (Å²) in [6.45, 7) is 5.53. The van der Waals surface area contributed by atoms with Crippen molar-refractivity contribution < 1.29 is 5.11 Å². The van der Waals surface area contributed by atoms with Crippen molar-refractivity contribution in [3.63, 3.8) is 0 Å². The van der Waals surface area contributed by atoms with Crippen LogP contribution in [0.2, 0.25) is 0 Å². The molecule has 0 aliphatic carbocycles. The van der Waals surface area contributed by atoms with Gasteiger partial charge < -0.3 is 5.11 Å². The van der Waals surface area contributed by atoms with Crippen LogP contribution < -0.4 is 0 Å². The van der Waals surface area contributed by atoms with Gasteiger partial charge in [-0.15, -0.1) is 6.58 Å². The van der Waals surface area contributed by atoms with Gasteiger partial charge in [0.05, 0.1) is 6.61 Å². The normalized spacial score (nSPS) is 12.2. The Morgan fingerprint density at radius 1 is 1.58 bits per heavy atom. The van der Waals surface area contributed by atoms with Crippen molar-refractivity contribution in [3.8, 4) is 0 Å². The lowest BCUT2D eigenvalue weighted by molar-refractivity contribution is 0.219. The van der Waals surface area contributed by atoms with E-state index in [0.717, 1.165) is 0 Å². The van der Waals surface area contributed by atoms with Crippen LogP contribution in [0.3, 0.4) is 0 Å². The minimum absolute atomic E-state index is 0.111. The molecule has 0 aromatic carbocycles. The van der Waals surface area contributed by atoms with Crippen LogP contribution in [0.4, 0.5) is 0 Å². The number of halogens is 2. The van der Waals surface area contributed by atoms with Crippen LogP contribution in [0.1, 0.15) is 0 Å². The second-order valence-electron chi connectivity index (χ2n) is 2.30. The van der Waals surface area contributed by atoms with E-state index in [1.165, 1.54) is 5.54 Å². The lowest BCUT2D eigenvalue weighted by Crippen LogP contribution is -2.28. The number of hydrogen-bond acceptors (Lipinski definition) is 2. The quantitative estimate of drug-likeness (QED) is 0.675. The van der Waals surface area contributed by atoms with E-state index in [9.17, 15) is 0 Å². The predicted molar refractivity (Wildman–Crippen MR) is 53.5 cm³/mol. The van der Waals surface area contributed by atoms with E-state index in [1.807, 2.05) is 4.90 Å². The standard InChI is InChI=1S/C8H13Cl2NO/c1-2-3-11(4-5-12)7-8(10)6-9/h2,6,12H,1,3-5,7H2/b8-6-. The van der Waals surface area contributed by atoms with Crippen molar-refractivity contribution >= 4 is 23.2 Å². The van der Waals surface area contributed by atoms with Gasteiger partial charge >= 0.3 is 0 Å². The Morgan fingerprint density at radius 3 is 2.67 bits per heavy atom. The summed E-state index contributed by atoms with van der Waals surface area (Å²) in [5, 5.41) is 9.24. The molecule has 0 unspecified atom stereocenters. The first-order valence-corrected chi connectivity index (χ1v) is 4.45. The molecule has 0 spiro atoms. The minimum Gasteiger partial charge on any atom is -0.395 e. The fourth-order valence-electron chi connectivity index (χ4n) is 0.807. The summed E-state index contributed by atoms with van der Waals surface area (Å²) >= 11 is 11.1. The first-order chi connectivity index (χ1) is 5.74. The van der Waals surface area contributed by atoms with Crippen molar-refractivity contribution in [2.45, 2.75) is 0 Å². The van der Waals surface area contributed by atoms with Crippen LogP contribution in [-0.2, 0) is 0 Å². The molecule has 0 atom stereocenters. The van der Waals surface area contributed by atoms with Gasteiger partial charge in [0.15, 0.2) is 0 Å². The Kier molecular flexibility index (Phi) is 7.61. The summed E-state index contributed by atoms with van der Waals surface area (Å²) in [5.41, 5.74) is 1.33. The molecular formula is C8H13Cl2NO. The summed E-state index contributed by atoms with van der Waals surface area (Å²) < 4.78 is 0. The monoisotopic (exact) mass is 209 g/mol. The smallest absolute Gasteiger partial charge is 0.0558 e. The Balaban J connectivity index is 3.84. The summed E-state index contributed by atoms with van der Waals surface area (Å²) in [7, 11) is 0. The lowest BCUT2D eigenvalue weighted by Gasteiger charge is -2.18. The molecule has 0 amide bonds. The Hall–Kier alpha value is -0.0200. The SMILES string of the molecule is C=CCN(CCO)C/C(Cl)=C/Cl. The fraction of sp³-hybridized carbons (Fsp3) is 0.500. The highest BCUT2D eigenvalue weighted by Crippen LogP contribution is 2.05. The second-order valence-corrected chi connectivity index (χ2v) is 3.01. The van der Waals surface area contributed by atoms with E-state index in [-0.39, 0.29) is 6.61 Å². The van der Waals surface area contributed by atoms with Crippen molar-refractivity contribution in [1.29, 1.82) is 0 Å². The topological polar surface area (TPSA) is 23.5 Å². The van der Waals surface area contributed by atoms with Crippen molar-refractivity contribution in [3.05, 3.63) is 23.2 Å². The van der Waals surface area contributed by atoms with Gasteiger partial charge in [-0.2, -0.15) is 0 Å². The summed E-state index contributed by atoms with van der Waals surface area (Å²) in [4.78, 5) is 1.94. The van der Waals surface area contributed by atoms with Gasteiger partial charge in [-0.3, -0.25) is 4.90 Å². The van der Waals surface area contributed by atoms with Crippen molar-refractivity contribution in [2.24, 2.45) is 0 Å². The van der Waals surface area contributed by atoms with Crippen LogP contribution >= 0.6 is 23.2 Å². The van der Waals surface area contributed by atoms with E-state index in [2.05, 4.69) is 6.58 Å². The molecule has 0 aliphatic heterocycles. The number of aliphatic hydroxyl groups is 1. The molecule has 70 valence electrons. The van der Waals surface area contributed by atoms with Crippen molar-refractivity contribution in [1.82, 2.24) is 4.90 Å². The van der Waals surface area contributed by atoms with E-state index in [0.29, 0.717) is 24.7 Å². The summed E-state index contributed by atoms with van der Waals surface area (Å²) in [6, 6.07) is 0. The molecule has 0 bridgehead atoms. The first-order valence-electron chi connectivity index (χ1n) is 3.63. The third kappa shape index (κ3) is 5.61. The maximum Gasteiger partial charge on any atom is 0.0558 e. The van der Waals surface area contributed by atoms with Gasteiger partial charge in [-0.05, 0) is 0 Å². The third-order valence-electron chi connectivity index (χ3n) is 1.30. The largest absolute Gasteiger partial charge is 0.395 e. The van der Waals surface area contributed by atoms with Crippen LogP contribution in [0.25, 0.3) is 0 Å². The summed E-state index contributed by atoms with van der Waals surface area (Å²) in [6.07, 6.45) is 1.76. The van der Waals surface area contributed by atoms with Crippen LogP contribution in [-0.4, -0.2) is 36.2 Å². The molecule has 12 heavy (non-hydrogen) atoms. The summed E-state index contributed by atoms with van der Waals surface area (Å²) in [5.74, 6) is 0. The molecular weight excluding hydrogens is 197 g/mol. The highest BCUT2D eigenvalue weighted by Gasteiger charge is 2.02. The lowest BCUT2D eigenvalue weighted by atomic mass is 10.4. The molecule has 0 aliphatic rings. The Morgan fingerprint density at radius 2 is 2.25 bits per heavy atom. The van der Waals surface area contributed by atoms with Gasteiger partial charge in [-0.25, -0.2) is 0 Å². The third-order valence-corrected chi connectivity index (χ3v) is 1.90. The highest BCUT2D eigenvalue weighted by atomic mass is 35.5. The second kappa shape index (κ2) is 7.62. The highest BCUT2D eigenvalue weighted by molar-refractivity contribution is 6.36. The molecule has 0 heterocycles. The zero-order valence-electron chi connectivity index (χ0n) is 6.84. The van der Waals surface area contributed by atoms with Gasteiger partial charge in [0.25, 0.3) is 0 Å². The number of aliphatic hydroxyl groups excluding tert-OH is 1. The molecule has 1 N–H and O–H groups in total. The average Bonchev–Trinajstić information content (AvgIpc) is 2.05. The molecule has 0 saturated carbocycles. The zero-order valence-corrected chi connectivity index (χ0v) is 8.35. The zero-order chi connectivity index (χ0) is 9.40. The van der Waals surface area contributed by atoms with Gasteiger partial charge in [0, 0.05) is 30.2 Å². The van der Waals surface area contributed by atoms with E-state index < -0.39 is 0 Å². The maximum atomic E-state index is 8.68. The van der Waals surface area contributed by atoms with Gasteiger partial charge in [0.1, 0.15) is 0 Å². The van der Waals surface area contributed by atoms with E-state index in [4.69, 9.17) is 28.3 Å². The molecule has 0 aromatic heterocycles. The van der Waals surface area contributed by atoms with Gasteiger partial charge in [0.2, 0.25) is 0 Å². The van der Waals surface area contributed by atoms with Gasteiger partial charge in [-0.1, -0.05) is 29.3 Å². The molecule has 0 rings (SSSR count). The van der Waals surface area contributed by atoms with E-state index in [1.54, 1.807) is 6.08 Å². The number of rotatable bonds is 6. The van der Waals surface area contributed by atoms with Crippen LogP contribution in [0.5, 0.6) is 0 Å². The Labute approximate surface area is 83.1 Å². The Bertz CT molecular complexity index is 159. The maximum absolute atomic E-state index is 8.68. The number of hydrogen-bond donors (Lipinski definition) is 1. The van der Waals surface area contributed by atoms with E-state index >= 15 is 0 Å². The van der Waals surface area contributed by atoms with Crippen LogP contribution in [0.15, 0.2) is 23.2 Å². The molecule has 0 saturated heterocycles. The minimum atomic E-state index is 0.111.